The van der Waals surface area contributed by atoms with E-state index in [-0.39, 0.29) is 18.1 Å². The standard InChI is InChI=1S/C30H25ClN2O4S/c1-19-27(30(35)37-17-20-8-4-3-5-9-20)28(23-10-6-7-11-25(23)31)24(16-32)29(33-19)38-18-26(34)21-12-14-22(36-2)15-13-21/h3-15,28,33H,17-18H2,1-2H3/t28-/m1/s1. The molecule has 1 aliphatic heterocycles. The van der Waals surface area contributed by atoms with Crippen LogP contribution in [0.4, 0.5) is 0 Å². The lowest BCUT2D eigenvalue weighted by Gasteiger charge is -2.29. The zero-order valence-corrected chi connectivity index (χ0v) is 22.4. The summed E-state index contributed by atoms with van der Waals surface area (Å²) in [6, 6.07) is 25.6. The van der Waals surface area contributed by atoms with Crippen LogP contribution in [-0.2, 0) is 16.1 Å². The molecule has 192 valence electrons. The first-order valence-electron chi connectivity index (χ1n) is 11.8. The second kappa shape index (κ2) is 12.5. The third kappa shape index (κ3) is 6.10. The number of dihydropyridines is 1. The number of halogens is 1. The van der Waals surface area contributed by atoms with Gasteiger partial charge in [-0.2, -0.15) is 5.26 Å². The zero-order chi connectivity index (χ0) is 27.1. The summed E-state index contributed by atoms with van der Waals surface area (Å²) in [6.45, 7) is 1.85. The van der Waals surface area contributed by atoms with Crippen molar-refractivity contribution in [1.82, 2.24) is 5.32 Å². The van der Waals surface area contributed by atoms with Gasteiger partial charge < -0.3 is 14.8 Å². The average Bonchev–Trinajstić information content (AvgIpc) is 2.95. The summed E-state index contributed by atoms with van der Waals surface area (Å²) in [5.41, 5.74) is 3.12. The van der Waals surface area contributed by atoms with Gasteiger partial charge in [-0.05, 0) is 48.4 Å². The maximum Gasteiger partial charge on any atom is 0.337 e. The molecule has 3 aromatic carbocycles. The number of carbonyl (C=O) groups excluding carboxylic acids is 2. The van der Waals surface area contributed by atoms with Crippen LogP contribution in [0.2, 0.25) is 5.02 Å². The van der Waals surface area contributed by atoms with Crippen molar-refractivity contribution in [2.75, 3.05) is 12.9 Å². The van der Waals surface area contributed by atoms with E-state index >= 15 is 0 Å². The van der Waals surface area contributed by atoms with Crippen LogP contribution in [0.15, 0.2) is 101 Å². The Labute approximate surface area is 230 Å². The number of thioether (sulfide) groups is 1. The lowest BCUT2D eigenvalue weighted by molar-refractivity contribution is -0.140. The Morgan fingerprint density at radius 3 is 2.37 bits per heavy atom. The molecule has 0 saturated heterocycles. The summed E-state index contributed by atoms with van der Waals surface area (Å²) >= 11 is 7.76. The van der Waals surface area contributed by atoms with Crippen molar-refractivity contribution in [1.29, 1.82) is 5.26 Å². The predicted molar refractivity (Wildman–Crippen MR) is 149 cm³/mol. The molecule has 0 aromatic heterocycles. The van der Waals surface area contributed by atoms with Crippen molar-refractivity contribution >= 4 is 35.1 Å². The highest BCUT2D eigenvalue weighted by Crippen LogP contribution is 2.43. The van der Waals surface area contributed by atoms with Gasteiger partial charge in [-0.1, -0.05) is 71.9 Å². The van der Waals surface area contributed by atoms with E-state index in [0.29, 0.717) is 43.8 Å². The Hall–Kier alpha value is -3.99. The molecule has 0 unspecified atom stereocenters. The topological polar surface area (TPSA) is 88.4 Å². The van der Waals surface area contributed by atoms with E-state index in [1.54, 1.807) is 62.6 Å². The van der Waals surface area contributed by atoms with Crippen molar-refractivity contribution in [2.24, 2.45) is 0 Å². The van der Waals surface area contributed by atoms with Gasteiger partial charge in [-0.15, -0.1) is 0 Å². The maximum absolute atomic E-state index is 13.4. The largest absolute Gasteiger partial charge is 0.497 e. The minimum atomic E-state index is -0.753. The van der Waals surface area contributed by atoms with E-state index in [1.165, 1.54) is 11.8 Å². The smallest absolute Gasteiger partial charge is 0.337 e. The third-order valence-corrected chi connectivity index (χ3v) is 7.42. The number of ether oxygens (including phenoxy) is 2. The molecule has 0 fully saturated rings. The highest BCUT2D eigenvalue weighted by molar-refractivity contribution is 8.03. The van der Waals surface area contributed by atoms with Crippen molar-refractivity contribution in [3.05, 3.63) is 122 Å². The van der Waals surface area contributed by atoms with Gasteiger partial charge in [0.1, 0.15) is 12.4 Å². The number of nitrogens with zero attached hydrogens (tertiary/aromatic N) is 1. The number of nitriles is 1. The van der Waals surface area contributed by atoms with Crippen LogP contribution in [0, 0.1) is 11.3 Å². The Balaban J connectivity index is 1.63. The molecule has 1 N–H and O–H groups in total. The number of rotatable bonds is 9. The fourth-order valence-electron chi connectivity index (χ4n) is 4.12. The summed E-state index contributed by atoms with van der Waals surface area (Å²) in [5.74, 6) is -0.650. The molecule has 1 atom stereocenters. The van der Waals surface area contributed by atoms with Gasteiger partial charge in [0.15, 0.2) is 5.78 Å². The second-order valence-electron chi connectivity index (χ2n) is 8.47. The van der Waals surface area contributed by atoms with Gasteiger partial charge in [-0.25, -0.2) is 4.79 Å². The number of hydrogen-bond acceptors (Lipinski definition) is 7. The molecular weight excluding hydrogens is 520 g/mol. The molecular formula is C30H25ClN2O4S. The molecule has 1 heterocycles. The molecule has 3 aromatic rings. The summed E-state index contributed by atoms with van der Waals surface area (Å²) in [7, 11) is 1.56. The zero-order valence-electron chi connectivity index (χ0n) is 20.9. The molecule has 6 nitrogen and oxygen atoms in total. The van der Waals surface area contributed by atoms with E-state index in [2.05, 4.69) is 11.4 Å². The molecule has 1 aliphatic rings. The summed E-state index contributed by atoms with van der Waals surface area (Å²) < 4.78 is 10.8. The molecule has 0 radical (unpaired) electrons. The molecule has 0 saturated carbocycles. The Morgan fingerprint density at radius 1 is 1.03 bits per heavy atom. The minimum Gasteiger partial charge on any atom is -0.497 e. The van der Waals surface area contributed by atoms with Crippen LogP contribution >= 0.6 is 23.4 Å². The van der Waals surface area contributed by atoms with Crippen LogP contribution in [-0.4, -0.2) is 24.6 Å². The molecule has 38 heavy (non-hydrogen) atoms. The molecule has 4 rings (SSSR count). The first-order chi connectivity index (χ1) is 18.4. The molecule has 0 bridgehead atoms. The van der Waals surface area contributed by atoms with Crippen LogP contribution in [0.1, 0.15) is 34.3 Å². The number of hydrogen-bond donors (Lipinski definition) is 1. The number of allylic oxidation sites excluding steroid dienone is 2. The number of methoxy groups -OCH3 is 1. The second-order valence-corrected chi connectivity index (χ2v) is 9.87. The Morgan fingerprint density at radius 2 is 1.71 bits per heavy atom. The van der Waals surface area contributed by atoms with Crippen LogP contribution < -0.4 is 10.1 Å². The van der Waals surface area contributed by atoms with Crippen LogP contribution in [0.5, 0.6) is 5.75 Å². The monoisotopic (exact) mass is 544 g/mol. The normalized spacial score (nSPS) is 14.9. The van der Waals surface area contributed by atoms with Gasteiger partial charge in [-0.3, -0.25) is 4.79 Å². The van der Waals surface area contributed by atoms with E-state index in [9.17, 15) is 14.9 Å². The molecule has 0 amide bonds. The van der Waals surface area contributed by atoms with Gasteiger partial charge in [0.05, 0.1) is 41.0 Å². The van der Waals surface area contributed by atoms with Crippen molar-refractivity contribution < 1.29 is 19.1 Å². The fraction of sp³-hybridized carbons (Fsp3) is 0.167. The minimum absolute atomic E-state index is 0.0925. The predicted octanol–water partition coefficient (Wildman–Crippen LogP) is 6.40. The lowest BCUT2D eigenvalue weighted by atomic mass is 9.82. The molecule has 0 aliphatic carbocycles. The average molecular weight is 545 g/mol. The highest BCUT2D eigenvalue weighted by atomic mass is 35.5. The number of Topliss-reactive ketones (excluding diaryl/α,β-unsaturated/α-hetero) is 1. The first kappa shape index (κ1) is 27.1. The maximum atomic E-state index is 13.4. The van der Waals surface area contributed by atoms with E-state index in [4.69, 9.17) is 21.1 Å². The van der Waals surface area contributed by atoms with Gasteiger partial charge in [0, 0.05) is 16.3 Å². The summed E-state index contributed by atoms with van der Waals surface area (Å²) in [5, 5.41) is 14.3. The molecule has 8 heteroatoms. The van der Waals surface area contributed by atoms with Gasteiger partial charge in [0.2, 0.25) is 0 Å². The van der Waals surface area contributed by atoms with Crippen LogP contribution in [0.3, 0.4) is 0 Å². The van der Waals surface area contributed by atoms with E-state index in [1.807, 2.05) is 30.3 Å². The van der Waals surface area contributed by atoms with Crippen LogP contribution in [0.25, 0.3) is 0 Å². The molecule has 0 spiro atoms. The number of esters is 1. The van der Waals surface area contributed by atoms with Gasteiger partial charge >= 0.3 is 5.97 Å². The Bertz CT molecular complexity index is 1440. The number of benzene rings is 3. The summed E-state index contributed by atoms with van der Waals surface area (Å²) in [6.07, 6.45) is 0. The number of ketones is 1. The Kier molecular flexibility index (Phi) is 8.90. The van der Waals surface area contributed by atoms with Gasteiger partial charge in [0.25, 0.3) is 0 Å². The first-order valence-corrected chi connectivity index (χ1v) is 13.2. The van der Waals surface area contributed by atoms with Crippen molar-refractivity contribution in [2.45, 2.75) is 19.4 Å². The summed E-state index contributed by atoms with van der Waals surface area (Å²) in [4.78, 5) is 26.2. The highest BCUT2D eigenvalue weighted by Gasteiger charge is 2.36. The van der Waals surface area contributed by atoms with Crippen molar-refractivity contribution in [3.8, 4) is 11.8 Å². The van der Waals surface area contributed by atoms with E-state index < -0.39 is 11.9 Å². The number of carbonyl (C=O) groups is 2. The quantitative estimate of drug-likeness (QED) is 0.246. The SMILES string of the molecule is COc1ccc(C(=O)CSC2=C(C#N)[C@@H](c3ccccc3Cl)C(C(=O)OCc3ccccc3)=C(C)N2)cc1. The fourth-order valence-corrected chi connectivity index (χ4v) is 5.35. The number of nitrogens with one attached hydrogen (secondary N) is 1. The van der Waals surface area contributed by atoms with E-state index in [0.717, 1.165) is 5.56 Å². The van der Waals surface area contributed by atoms with Crippen molar-refractivity contribution in [3.63, 3.8) is 0 Å². The lowest BCUT2D eigenvalue weighted by Crippen LogP contribution is -2.29. The third-order valence-electron chi connectivity index (χ3n) is 6.06.